The van der Waals surface area contributed by atoms with Crippen LogP contribution in [-0.4, -0.2) is 58.6 Å². The Balaban J connectivity index is 1.57. The number of esters is 1. The minimum Gasteiger partial charge on any atom is -0.465 e. The molecule has 0 radical (unpaired) electrons. The third-order valence-electron chi connectivity index (χ3n) is 4.73. The van der Waals surface area contributed by atoms with Crippen LogP contribution in [0.4, 0.5) is 0 Å². The van der Waals surface area contributed by atoms with Gasteiger partial charge in [-0.25, -0.2) is 4.79 Å². The highest BCUT2D eigenvalue weighted by atomic mass is 32.2. The van der Waals surface area contributed by atoms with Crippen molar-refractivity contribution in [3.05, 3.63) is 40.3 Å². The summed E-state index contributed by atoms with van der Waals surface area (Å²) in [5.41, 5.74) is 1.26. The zero-order valence-electron chi connectivity index (χ0n) is 15.7. The van der Waals surface area contributed by atoms with E-state index in [-0.39, 0.29) is 11.8 Å². The monoisotopic (exact) mass is 418 g/mol. The van der Waals surface area contributed by atoms with E-state index in [0.717, 1.165) is 31.5 Å². The van der Waals surface area contributed by atoms with Crippen molar-refractivity contribution in [3.8, 4) is 0 Å². The van der Waals surface area contributed by atoms with Crippen molar-refractivity contribution in [3.63, 3.8) is 0 Å². The predicted octanol–water partition coefficient (Wildman–Crippen LogP) is 3.08. The lowest BCUT2D eigenvalue weighted by molar-refractivity contribution is -0.130. The number of ether oxygens (including phenoxy) is 1. The second kappa shape index (κ2) is 9.34. The van der Waals surface area contributed by atoms with Gasteiger partial charge in [-0.15, -0.1) is 0 Å². The van der Waals surface area contributed by atoms with E-state index in [4.69, 9.17) is 12.2 Å². The molecule has 2 aliphatic rings. The van der Waals surface area contributed by atoms with Gasteiger partial charge in [0.05, 0.1) is 17.6 Å². The van der Waals surface area contributed by atoms with Crippen molar-refractivity contribution in [1.29, 1.82) is 0 Å². The van der Waals surface area contributed by atoms with E-state index < -0.39 is 5.97 Å². The maximum Gasteiger partial charge on any atom is 0.337 e. The van der Waals surface area contributed by atoms with E-state index in [2.05, 4.69) is 4.74 Å². The molecule has 2 heterocycles. The molecule has 8 heteroatoms. The zero-order chi connectivity index (χ0) is 20.1. The molecule has 0 aromatic heterocycles. The molecular weight excluding hydrogens is 396 g/mol. The molecule has 0 unspecified atom stereocenters. The van der Waals surface area contributed by atoms with Crippen LogP contribution in [0.5, 0.6) is 0 Å². The summed E-state index contributed by atoms with van der Waals surface area (Å²) in [6.07, 6.45) is 4.95. The molecule has 2 saturated heterocycles. The number of hydrogen-bond acceptors (Lipinski definition) is 6. The first kappa shape index (κ1) is 20.5. The van der Waals surface area contributed by atoms with Crippen molar-refractivity contribution in [2.24, 2.45) is 0 Å². The van der Waals surface area contributed by atoms with Crippen molar-refractivity contribution in [1.82, 2.24) is 9.80 Å². The molecule has 2 aliphatic heterocycles. The molecular formula is C20H22N2O4S2. The number of methoxy groups -OCH3 is 1. The minimum atomic E-state index is -0.402. The van der Waals surface area contributed by atoms with Crippen LogP contribution in [0.15, 0.2) is 29.2 Å². The minimum absolute atomic E-state index is 0.138. The van der Waals surface area contributed by atoms with Gasteiger partial charge in [0.1, 0.15) is 4.32 Å². The summed E-state index contributed by atoms with van der Waals surface area (Å²) in [6, 6.07) is 6.83. The van der Waals surface area contributed by atoms with E-state index in [1.54, 1.807) is 35.2 Å². The fraction of sp³-hybridized carbons (Fsp3) is 0.400. The number of amides is 2. The molecule has 148 valence electrons. The molecule has 0 bridgehead atoms. The number of nitrogens with zero attached hydrogens (tertiary/aromatic N) is 2. The lowest BCUT2D eigenvalue weighted by Crippen LogP contribution is -2.31. The van der Waals surface area contributed by atoms with Gasteiger partial charge in [-0.1, -0.05) is 36.1 Å². The van der Waals surface area contributed by atoms with Crippen LogP contribution in [0.25, 0.3) is 6.08 Å². The largest absolute Gasteiger partial charge is 0.465 e. The first-order valence-electron chi connectivity index (χ1n) is 9.21. The lowest BCUT2D eigenvalue weighted by atomic mass is 10.1. The maximum absolute atomic E-state index is 12.7. The smallest absolute Gasteiger partial charge is 0.337 e. The van der Waals surface area contributed by atoms with Gasteiger partial charge in [0.25, 0.3) is 5.91 Å². The summed E-state index contributed by atoms with van der Waals surface area (Å²) < 4.78 is 5.19. The van der Waals surface area contributed by atoms with Gasteiger partial charge < -0.3 is 9.64 Å². The highest BCUT2D eigenvalue weighted by Crippen LogP contribution is 2.32. The fourth-order valence-corrected chi connectivity index (χ4v) is 4.50. The summed E-state index contributed by atoms with van der Waals surface area (Å²) in [6.45, 7) is 2.14. The Hall–Kier alpha value is -2.19. The van der Waals surface area contributed by atoms with Crippen LogP contribution in [-0.2, 0) is 14.3 Å². The average molecular weight is 419 g/mol. The van der Waals surface area contributed by atoms with Gasteiger partial charge in [0.2, 0.25) is 5.91 Å². The second-order valence-electron chi connectivity index (χ2n) is 6.64. The summed E-state index contributed by atoms with van der Waals surface area (Å²) in [5, 5.41) is 0. The highest BCUT2D eigenvalue weighted by molar-refractivity contribution is 8.26. The molecule has 0 aliphatic carbocycles. The number of hydrogen-bond donors (Lipinski definition) is 0. The first-order valence-corrected chi connectivity index (χ1v) is 10.4. The van der Waals surface area contributed by atoms with Crippen LogP contribution in [0.1, 0.15) is 41.6 Å². The molecule has 0 saturated carbocycles. The van der Waals surface area contributed by atoms with Crippen LogP contribution in [0.3, 0.4) is 0 Å². The van der Waals surface area contributed by atoms with Gasteiger partial charge >= 0.3 is 5.97 Å². The van der Waals surface area contributed by atoms with Crippen LogP contribution >= 0.6 is 24.0 Å². The molecule has 0 N–H and O–H groups in total. The van der Waals surface area contributed by atoms with Crippen LogP contribution in [0.2, 0.25) is 0 Å². The van der Waals surface area contributed by atoms with Gasteiger partial charge in [0.15, 0.2) is 0 Å². The number of carbonyl (C=O) groups is 3. The molecule has 0 spiro atoms. The van der Waals surface area contributed by atoms with Crippen molar-refractivity contribution < 1.29 is 19.1 Å². The number of thiocarbonyl (C=S) groups is 1. The predicted molar refractivity (Wildman–Crippen MR) is 113 cm³/mol. The number of rotatable bonds is 6. The average Bonchev–Trinajstić information content (AvgIpc) is 3.32. The van der Waals surface area contributed by atoms with E-state index >= 15 is 0 Å². The lowest BCUT2D eigenvalue weighted by Gasteiger charge is -2.17. The molecule has 1 aromatic carbocycles. The molecule has 2 fully saturated rings. The summed E-state index contributed by atoms with van der Waals surface area (Å²) in [5.74, 6) is -0.383. The standard InChI is InChI=1S/C20H22N2O4S2/c1-26-19(25)15-8-6-14(7-9-15)13-16-18(24)22(20(27)28-16)12-4-5-17(23)21-10-2-3-11-21/h6-9,13H,2-5,10-12H2,1H3/b16-13-. The molecule has 0 atom stereocenters. The molecule has 2 amide bonds. The Morgan fingerprint density at radius 2 is 1.89 bits per heavy atom. The molecule has 3 rings (SSSR count). The van der Waals surface area contributed by atoms with E-state index in [0.29, 0.717) is 34.2 Å². The van der Waals surface area contributed by atoms with Crippen LogP contribution in [0, 0.1) is 0 Å². The third kappa shape index (κ3) is 4.80. The number of likely N-dealkylation sites (tertiary alicyclic amines) is 1. The highest BCUT2D eigenvalue weighted by Gasteiger charge is 2.31. The molecule has 28 heavy (non-hydrogen) atoms. The number of carbonyl (C=O) groups excluding carboxylic acids is 3. The molecule has 1 aromatic rings. The zero-order valence-corrected chi connectivity index (χ0v) is 17.3. The Labute approximate surface area is 173 Å². The Kier molecular flexibility index (Phi) is 6.85. The topological polar surface area (TPSA) is 66.9 Å². The second-order valence-corrected chi connectivity index (χ2v) is 8.31. The summed E-state index contributed by atoms with van der Waals surface area (Å²) in [7, 11) is 1.33. The Morgan fingerprint density at radius 1 is 1.21 bits per heavy atom. The maximum atomic E-state index is 12.7. The Bertz CT molecular complexity index is 814. The van der Waals surface area contributed by atoms with Crippen LogP contribution < -0.4 is 0 Å². The number of benzene rings is 1. The SMILES string of the molecule is COC(=O)c1ccc(/C=C2\SC(=S)N(CCCC(=O)N3CCCC3)C2=O)cc1. The van der Waals surface area contributed by atoms with Gasteiger partial charge in [0, 0.05) is 26.1 Å². The van der Waals surface area contributed by atoms with Crippen molar-refractivity contribution in [2.45, 2.75) is 25.7 Å². The fourth-order valence-electron chi connectivity index (χ4n) is 3.19. The first-order chi connectivity index (χ1) is 13.5. The summed E-state index contributed by atoms with van der Waals surface area (Å²) in [4.78, 5) is 40.3. The third-order valence-corrected chi connectivity index (χ3v) is 6.11. The quantitative estimate of drug-likeness (QED) is 0.402. The van der Waals surface area contributed by atoms with Gasteiger partial charge in [-0.3, -0.25) is 14.5 Å². The van der Waals surface area contributed by atoms with Gasteiger partial charge in [-0.05, 0) is 43.0 Å². The van der Waals surface area contributed by atoms with E-state index in [9.17, 15) is 14.4 Å². The molecule has 6 nitrogen and oxygen atoms in total. The summed E-state index contributed by atoms with van der Waals surface area (Å²) >= 11 is 6.60. The van der Waals surface area contributed by atoms with E-state index in [1.165, 1.54) is 18.9 Å². The normalized spacial score (nSPS) is 18.2. The van der Waals surface area contributed by atoms with E-state index in [1.807, 2.05) is 4.90 Å². The Morgan fingerprint density at radius 3 is 2.54 bits per heavy atom. The number of thioether (sulfide) groups is 1. The van der Waals surface area contributed by atoms with Crippen molar-refractivity contribution in [2.75, 3.05) is 26.7 Å². The van der Waals surface area contributed by atoms with Gasteiger partial charge in [-0.2, -0.15) is 0 Å². The van der Waals surface area contributed by atoms with Crippen molar-refractivity contribution >= 4 is 52.2 Å².